The van der Waals surface area contributed by atoms with Crippen LogP contribution in [0.1, 0.15) is 29.7 Å². The average molecular weight is 470 g/mol. The van der Waals surface area contributed by atoms with Crippen LogP contribution in [0.5, 0.6) is 11.5 Å². The van der Waals surface area contributed by atoms with Gasteiger partial charge in [0.2, 0.25) is 0 Å². The van der Waals surface area contributed by atoms with E-state index in [9.17, 15) is 14.7 Å². The summed E-state index contributed by atoms with van der Waals surface area (Å²) in [7, 11) is 0. The molecule has 6 nitrogen and oxygen atoms in total. The van der Waals surface area contributed by atoms with Gasteiger partial charge in [0.15, 0.2) is 0 Å². The van der Waals surface area contributed by atoms with E-state index in [0.29, 0.717) is 35.8 Å². The maximum absolute atomic E-state index is 13.2. The van der Waals surface area contributed by atoms with Gasteiger partial charge in [-0.15, -0.1) is 0 Å². The van der Waals surface area contributed by atoms with Crippen LogP contribution in [0.15, 0.2) is 97.1 Å². The monoisotopic (exact) mass is 469 g/mol. The van der Waals surface area contributed by atoms with Crippen LogP contribution in [0.2, 0.25) is 0 Å². The fourth-order valence-corrected chi connectivity index (χ4v) is 4.10. The zero-order chi connectivity index (χ0) is 24.8. The quantitative estimate of drug-likeness (QED) is 0.200. The van der Waals surface area contributed by atoms with Crippen molar-refractivity contribution in [3.63, 3.8) is 0 Å². The van der Waals surface area contributed by atoms with Crippen molar-refractivity contribution in [3.8, 4) is 11.5 Å². The lowest BCUT2D eigenvalue weighted by molar-refractivity contribution is -0.140. The molecule has 1 amide bonds. The number of ether oxygens (including phenoxy) is 2. The van der Waals surface area contributed by atoms with Crippen molar-refractivity contribution in [2.45, 2.75) is 19.5 Å². The molecule has 1 unspecified atom stereocenters. The van der Waals surface area contributed by atoms with Crippen LogP contribution in [0.4, 0.5) is 0 Å². The van der Waals surface area contributed by atoms with Gasteiger partial charge in [0.1, 0.15) is 23.9 Å². The third-order valence-electron chi connectivity index (χ3n) is 5.74. The number of carbonyl (C=O) groups excluding carboxylic acids is 2. The highest BCUT2D eigenvalue weighted by Crippen LogP contribution is 2.40. The molecule has 0 saturated carbocycles. The Bertz CT molecular complexity index is 1230. The molecule has 178 valence electrons. The van der Waals surface area contributed by atoms with E-state index >= 15 is 0 Å². The minimum absolute atomic E-state index is 0.0508. The van der Waals surface area contributed by atoms with Crippen molar-refractivity contribution in [2.24, 2.45) is 0 Å². The van der Waals surface area contributed by atoms with Gasteiger partial charge in [0, 0.05) is 12.1 Å². The molecule has 1 saturated heterocycles. The summed E-state index contributed by atoms with van der Waals surface area (Å²) in [4.78, 5) is 27.9. The molecular formula is C29H27NO5. The smallest absolute Gasteiger partial charge is 0.295 e. The Morgan fingerprint density at radius 1 is 0.943 bits per heavy atom. The number of ketones is 1. The summed E-state index contributed by atoms with van der Waals surface area (Å²) in [5, 5.41) is 11.2. The molecule has 1 aliphatic heterocycles. The summed E-state index contributed by atoms with van der Waals surface area (Å²) in [6.45, 7) is 6.64. The molecule has 0 radical (unpaired) electrons. The summed E-state index contributed by atoms with van der Waals surface area (Å²) in [6, 6.07) is 22.6. The number of carbonyl (C=O) groups is 2. The van der Waals surface area contributed by atoms with Crippen molar-refractivity contribution < 1.29 is 24.2 Å². The second-order valence-corrected chi connectivity index (χ2v) is 8.04. The van der Waals surface area contributed by atoms with Gasteiger partial charge in [-0.1, -0.05) is 55.1 Å². The predicted octanol–water partition coefficient (Wildman–Crippen LogP) is 5.27. The Morgan fingerprint density at radius 3 is 2.20 bits per heavy atom. The number of amides is 1. The third-order valence-corrected chi connectivity index (χ3v) is 5.74. The molecule has 3 aromatic rings. The number of aliphatic hydroxyl groups is 1. The maximum atomic E-state index is 13.2. The number of aliphatic hydroxyl groups excluding tert-OH is 1. The largest absolute Gasteiger partial charge is 0.507 e. The number of rotatable bonds is 9. The molecule has 0 bridgehead atoms. The van der Waals surface area contributed by atoms with E-state index in [4.69, 9.17) is 9.47 Å². The van der Waals surface area contributed by atoms with Gasteiger partial charge in [-0.3, -0.25) is 9.59 Å². The molecule has 1 N–H and O–H groups in total. The molecule has 1 atom stereocenters. The van der Waals surface area contributed by atoms with Gasteiger partial charge in [0.05, 0.1) is 18.2 Å². The lowest BCUT2D eigenvalue weighted by Gasteiger charge is -2.25. The molecule has 4 rings (SSSR count). The minimum Gasteiger partial charge on any atom is -0.507 e. The first-order valence-corrected chi connectivity index (χ1v) is 11.4. The maximum Gasteiger partial charge on any atom is 0.295 e. The zero-order valence-corrected chi connectivity index (χ0v) is 19.5. The van der Waals surface area contributed by atoms with Crippen LogP contribution >= 0.6 is 0 Å². The van der Waals surface area contributed by atoms with Gasteiger partial charge >= 0.3 is 0 Å². The summed E-state index contributed by atoms with van der Waals surface area (Å²) in [6.07, 6.45) is 1.65. The first-order valence-electron chi connectivity index (χ1n) is 11.4. The number of hydrogen-bond acceptors (Lipinski definition) is 5. The second-order valence-electron chi connectivity index (χ2n) is 8.04. The molecule has 35 heavy (non-hydrogen) atoms. The van der Waals surface area contributed by atoms with Crippen LogP contribution < -0.4 is 9.47 Å². The molecule has 3 aromatic carbocycles. The van der Waals surface area contributed by atoms with Crippen molar-refractivity contribution in [1.82, 2.24) is 4.90 Å². The van der Waals surface area contributed by atoms with Crippen LogP contribution in [-0.4, -0.2) is 34.9 Å². The second kappa shape index (κ2) is 10.7. The molecule has 6 heteroatoms. The number of hydrogen-bond donors (Lipinski definition) is 1. The van der Waals surface area contributed by atoms with Gasteiger partial charge < -0.3 is 19.5 Å². The minimum atomic E-state index is -0.754. The fourth-order valence-electron chi connectivity index (χ4n) is 4.10. The first-order chi connectivity index (χ1) is 17.0. The molecule has 0 aliphatic carbocycles. The van der Waals surface area contributed by atoms with E-state index in [-0.39, 0.29) is 17.9 Å². The molecule has 1 heterocycles. The van der Waals surface area contributed by atoms with E-state index in [1.54, 1.807) is 54.6 Å². The van der Waals surface area contributed by atoms with Gasteiger partial charge in [0.25, 0.3) is 11.7 Å². The number of likely N-dealkylation sites (tertiary alicyclic amines) is 1. The van der Waals surface area contributed by atoms with Crippen molar-refractivity contribution in [1.29, 1.82) is 0 Å². The Hall–Kier alpha value is -4.32. The zero-order valence-electron chi connectivity index (χ0n) is 19.5. The molecular weight excluding hydrogens is 442 g/mol. The number of benzene rings is 3. The summed E-state index contributed by atoms with van der Waals surface area (Å²) in [5.41, 5.74) is 2.06. The van der Waals surface area contributed by atoms with Crippen LogP contribution in [-0.2, 0) is 16.1 Å². The van der Waals surface area contributed by atoms with Gasteiger partial charge in [-0.05, 0) is 54.4 Å². The van der Waals surface area contributed by atoms with Crippen LogP contribution in [0.25, 0.3) is 5.76 Å². The first kappa shape index (κ1) is 23.8. The summed E-state index contributed by atoms with van der Waals surface area (Å²) in [5.74, 6) is -0.304. The van der Waals surface area contributed by atoms with Crippen LogP contribution in [0, 0.1) is 0 Å². The summed E-state index contributed by atoms with van der Waals surface area (Å²) >= 11 is 0. The van der Waals surface area contributed by atoms with Crippen molar-refractivity contribution >= 4 is 17.4 Å². The van der Waals surface area contributed by atoms with Crippen LogP contribution in [0.3, 0.4) is 0 Å². The summed E-state index contributed by atoms with van der Waals surface area (Å²) < 4.78 is 11.0. The Kier molecular flexibility index (Phi) is 7.31. The van der Waals surface area contributed by atoms with E-state index in [1.807, 2.05) is 37.3 Å². The van der Waals surface area contributed by atoms with Gasteiger partial charge in [-0.25, -0.2) is 0 Å². The normalized spacial score (nSPS) is 16.8. The standard InChI is InChI=1S/C29H27NO5/c1-3-18-35-24-14-10-21(11-15-24)26-25(27(31)22-12-16-23(17-13-22)34-4-2)28(32)29(33)30(26)19-20-8-6-5-7-9-20/h3,5-17,26,31H,1,4,18-19H2,2H3. The average Bonchev–Trinajstić information content (AvgIpc) is 3.13. The highest BCUT2D eigenvalue weighted by atomic mass is 16.5. The van der Waals surface area contributed by atoms with Gasteiger partial charge in [-0.2, -0.15) is 0 Å². The third kappa shape index (κ3) is 5.11. The lowest BCUT2D eigenvalue weighted by atomic mass is 9.95. The Morgan fingerprint density at radius 2 is 1.57 bits per heavy atom. The van der Waals surface area contributed by atoms with E-state index < -0.39 is 17.7 Å². The van der Waals surface area contributed by atoms with E-state index in [1.165, 1.54) is 4.90 Å². The number of nitrogens with zero attached hydrogens (tertiary/aromatic N) is 1. The number of Topliss-reactive ketones (excluding diaryl/α,β-unsaturated/α-hetero) is 1. The molecule has 0 aromatic heterocycles. The van der Waals surface area contributed by atoms with E-state index in [2.05, 4.69) is 6.58 Å². The fraction of sp³-hybridized carbons (Fsp3) is 0.172. The SMILES string of the molecule is C=CCOc1ccc(C2C(=C(O)c3ccc(OCC)cc3)C(=O)C(=O)N2Cc2ccccc2)cc1. The predicted molar refractivity (Wildman–Crippen MR) is 134 cm³/mol. The molecule has 1 aliphatic rings. The Balaban J connectivity index is 1.78. The van der Waals surface area contributed by atoms with E-state index in [0.717, 1.165) is 5.56 Å². The highest BCUT2D eigenvalue weighted by molar-refractivity contribution is 6.46. The lowest BCUT2D eigenvalue weighted by Crippen LogP contribution is -2.29. The van der Waals surface area contributed by atoms with Crippen molar-refractivity contribution in [2.75, 3.05) is 13.2 Å². The van der Waals surface area contributed by atoms with Crippen molar-refractivity contribution in [3.05, 3.63) is 114 Å². The molecule has 0 spiro atoms. The Labute approximate surface area is 204 Å². The highest BCUT2D eigenvalue weighted by Gasteiger charge is 2.46. The topological polar surface area (TPSA) is 76.1 Å². The molecule has 1 fully saturated rings.